The fourth-order valence-corrected chi connectivity index (χ4v) is 4.21. The molecule has 0 saturated heterocycles. The van der Waals surface area contributed by atoms with Crippen LogP contribution in [0.1, 0.15) is 30.0 Å². The first kappa shape index (κ1) is 22.0. The minimum atomic E-state index is -4.60. The van der Waals surface area contributed by atoms with Crippen LogP contribution in [0, 0.1) is 0 Å². The number of hydrogen-bond donors (Lipinski definition) is 4. The largest absolute Gasteiger partial charge is 0.433 e. The summed E-state index contributed by atoms with van der Waals surface area (Å²) in [5.41, 5.74) is -0.566. The van der Waals surface area contributed by atoms with Gasteiger partial charge in [-0.2, -0.15) is 13.2 Å². The molecule has 3 aromatic rings. The molecule has 8 nitrogen and oxygen atoms in total. The zero-order valence-corrected chi connectivity index (χ0v) is 17.6. The zero-order chi connectivity index (χ0) is 22.9. The first-order valence-electron chi connectivity index (χ1n) is 9.66. The predicted molar refractivity (Wildman–Crippen MR) is 114 cm³/mol. The van der Waals surface area contributed by atoms with Crippen molar-refractivity contribution in [1.29, 1.82) is 0 Å². The maximum Gasteiger partial charge on any atom is 0.433 e. The summed E-state index contributed by atoms with van der Waals surface area (Å²) in [7, 11) is 1.46. The highest BCUT2D eigenvalue weighted by Crippen LogP contribution is 2.44. The number of urea groups is 1. The van der Waals surface area contributed by atoms with E-state index in [-0.39, 0.29) is 5.95 Å². The summed E-state index contributed by atoms with van der Waals surface area (Å²) in [6, 6.07) is 5.25. The first-order valence-corrected chi connectivity index (χ1v) is 10.5. The molecule has 0 bridgehead atoms. The van der Waals surface area contributed by atoms with Crippen LogP contribution in [-0.2, 0) is 11.8 Å². The van der Waals surface area contributed by atoms with E-state index in [4.69, 9.17) is 0 Å². The number of aromatic nitrogens is 3. The molecule has 2 amide bonds. The van der Waals surface area contributed by atoms with Gasteiger partial charge in [0.05, 0.1) is 4.88 Å². The molecular weight excluding hydrogens is 445 g/mol. The zero-order valence-electron chi connectivity index (χ0n) is 16.8. The van der Waals surface area contributed by atoms with Gasteiger partial charge < -0.3 is 21.1 Å². The first-order chi connectivity index (χ1) is 15.2. The number of carbonyl (C=O) groups is 1. The molecule has 4 rings (SSSR count). The molecule has 4 N–H and O–H groups in total. The van der Waals surface area contributed by atoms with Crippen molar-refractivity contribution in [3.8, 4) is 10.4 Å². The van der Waals surface area contributed by atoms with Gasteiger partial charge in [-0.25, -0.2) is 19.7 Å². The monoisotopic (exact) mass is 464 g/mol. The second kappa shape index (κ2) is 8.36. The van der Waals surface area contributed by atoms with E-state index < -0.39 is 23.5 Å². The standard InChI is InChI=1S/C20H19F3N6O2S/c1-24-18(30)28-13-8-11(14-10-26-16(32-14)19(31)4-2-5-19)7-12(9-13)27-17-25-6-3-15(29-17)20(21,22)23/h3,6-10,31H,2,4-5H2,1H3,(H2,24,28,30)(H,25,27,29). The Hall–Kier alpha value is -3.25. The molecule has 0 atom stereocenters. The van der Waals surface area contributed by atoms with Gasteiger partial charge in [0.2, 0.25) is 5.95 Å². The highest BCUT2D eigenvalue weighted by Gasteiger charge is 2.39. The number of carbonyl (C=O) groups excluding carboxylic acids is 1. The number of halogens is 3. The second-order valence-electron chi connectivity index (χ2n) is 7.31. The lowest BCUT2D eigenvalue weighted by Crippen LogP contribution is -2.33. The summed E-state index contributed by atoms with van der Waals surface area (Å²) < 4.78 is 38.9. The van der Waals surface area contributed by atoms with Crippen molar-refractivity contribution < 1.29 is 23.1 Å². The number of benzene rings is 1. The summed E-state index contributed by atoms with van der Waals surface area (Å²) >= 11 is 1.33. The molecule has 32 heavy (non-hydrogen) atoms. The average molecular weight is 464 g/mol. The van der Waals surface area contributed by atoms with Gasteiger partial charge in [-0.1, -0.05) is 0 Å². The van der Waals surface area contributed by atoms with Gasteiger partial charge in [0, 0.05) is 30.8 Å². The Kier molecular flexibility index (Phi) is 5.73. The minimum absolute atomic E-state index is 0.239. The van der Waals surface area contributed by atoms with E-state index in [1.54, 1.807) is 24.4 Å². The summed E-state index contributed by atoms with van der Waals surface area (Å²) in [6.07, 6.45) is 0.270. The molecule has 1 aliphatic carbocycles. The molecule has 2 aromatic heterocycles. The summed E-state index contributed by atoms with van der Waals surface area (Å²) in [6.45, 7) is 0. The molecule has 1 aliphatic rings. The third-order valence-electron chi connectivity index (χ3n) is 4.99. The molecule has 0 radical (unpaired) electrons. The molecular formula is C20H19F3N6O2S. The van der Waals surface area contributed by atoms with E-state index in [0.717, 1.165) is 23.6 Å². The fraction of sp³-hybridized carbons (Fsp3) is 0.300. The van der Waals surface area contributed by atoms with E-state index in [0.29, 0.717) is 34.8 Å². The lowest BCUT2D eigenvalue weighted by molar-refractivity contribution is -0.141. The summed E-state index contributed by atoms with van der Waals surface area (Å²) in [5.74, 6) is -0.239. The summed E-state index contributed by atoms with van der Waals surface area (Å²) in [4.78, 5) is 24.2. The van der Waals surface area contributed by atoms with Crippen molar-refractivity contribution >= 4 is 34.7 Å². The Morgan fingerprint density at radius 3 is 2.59 bits per heavy atom. The van der Waals surface area contributed by atoms with Crippen LogP contribution in [0.25, 0.3) is 10.4 Å². The third-order valence-corrected chi connectivity index (χ3v) is 6.23. The Morgan fingerprint density at radius 2 is 1.94 bits per heavy atom. The van der Waals surface area contributed by atoms with Crippen molar-refractivity contribution in [2.75, 3.05) is 17.7 Å². The van der Waals surface area contributed by atoms with Crippen LogP contribution in [0.3, 0.4) is 0 Å². The Morgan fingerprint density at radius 1 is 1.19 bits per heavy atom. The van der Waals surface area contributed by atoms with Crippen LogP contribution < -0.4 is 16.0 Å². The SMILES string of the molecule is CNC(=O)Nc1cc(Nc2nccc(C(F)(F)F)n2)cc(-c2cnc(C3(O)CCC3)s2)c1. The second-order valence-corrected chi connectivity index (χ2v) is 8.34. The number of nitrogens with one attached hydrogen (secondary N) is 3. The van der Waals surface area contributed by atoms with Gasteiger partial charge in [0.1, 0.15) is 16.3 Å². The molecule has 2 heterocycles. The number of rotatable bonds is 5. The Balaban J connectivity index is 1.68. The van der Waals surface area contributed by atoms with Gasteiger partial charge in [0.25, 0.3) is 0 Å². The van der Waals surface area contributed by atoms with Gasteiger partial charge in [0.15, 0.2) is 0 Å². The third kappa shape index (κ3) is 4.65. The number of anilines is 3. The van der Waals surface area contributed by atoms with Crippen LogP contribution >= 0.6 is 11.3 Å². The molecule has 0 aliphatic heterocycles. The number of hydrogen-bond acceptors (Lipinski definition) is 7. The van der Waals surface area contributed by atoms with Crippen molar-refractivity contribution in [2.45, 2.75) is 31.0 Å². The Labute approximate surface area is 184 Å². The minimum Gasteiger partial charge on any atom is -0.383 e. The van der Waals surface area contributed by atoms with E-state index in [2.05, 4.69) is 30.9 Å². The summed E-state index contributed by atoms with van der Waals surface area (Å²) in [5, 5.41) is 19.0. The van der Waals surface area contributed by atoms with E-state index in [9.17, 15) is 23.1 Å². The van der Waals surface area contributed by atoms with Crippen molar-refractivity contribution in [3.63, 3.8) is 0 Å². The fourth-order valence-electron chi connectivity index (χ4n) is 3.16. The maximum absolute atomic E-state index is 13.0. The molecule has 1 fully saturated rings. The lowest BCUT2D eigenvalue weighted by atomic mass is 9.81. The normalized spacial score (nSPS) is 15.0. The number of nitrogens with zero attached hydrogens (tertiary/aromatic N) is 3. The number of alkyl halides is 3. The molecule has 0 unspecified atom stereocenters. The number of amides is 2. The molecule has 1 saturated carbocycles. The van der Waals surface area contributed by atoms with E-state index >= 15 is 0 Å². The molecule has 168 valence electrons. The van der Waals surface area contributed by atoms with Gasteiger partial charge in [-0.3, -0.25) is 0 Å². The highest BCUT2D eigenvalue weighted by atomic mass is 32.1. The van der Waals surface area contributed by atoms with Crippen LogP contribution in [0.15, 0.2) is 36.7 Å². The molecule has 1 aromatic carbocycles. The van der Waals surface area contributed by atoms with Crippen molar-refractivity contribution in [2.24, 2.45) is 0 Å². The van der Waals surface area contributed by atoms with Crippen LogP contribution in [0.5, 0.6) is 0 Å². The van der Waals surface area contributed by atoms with Crippen LogP contribution in [0.2, 0.25) is 0 Å². The van der Waals surface area contributed by atoms with Crippen molar-refractivity contribution in [3.05, 3.63) is 47.4 Å². The van der Waals surface area contributed by atoms with Crippen LogP contribution in [-0.4, -0.2) is 33.1 Å². The molecule has 12 heteroatoms. The van der Waals surface area contributed by atoms with Crippen LogP contribution in [0.4, 0.5) is 35.3 Å². The predicted octanol–water partition coefficient (Wildman–Crippen LogP) is 4.49. The van der Waals surface area contributed by atoms with Gasteiger partial charge >= 0.3 is 12.2 Å². The smallest absolute Gasteiger partial charge is 0.383 e. The number of aliphatic hydroxyl groups is 1. The van der Waals surface area contributed by atoms with E-state index in [1.165, 1.54) is 18.4 Å². The van der Waals surface area contributed by atoms with Gasteiger partial charge in [-0.05, 0) is 49.1 Å². The van der Waals surface area contributed by atoms with Crippen molar-refractivity contribution in [1.82, 2.24) is 20.3 Å². The van der Waals surface area contributed by atoms with E-state index in [1.807, 2.05) is 0 Å². The highest BCUT2D eigenvalue weighted by molar-refractivity contribution is 7.15. The topological polar surface area (TPSA) is 112 Å². The average Bonchev–Trinajstić information content (AvgIpc) is 3.22. The quantitative estimate of drug-likeness (QED) is 0.443. The lowest BCUT2D eigenvalue weighted by Gasteiger charge is -2.34. The Bertz CT molecular complexity index is 1150. The number of thiazole rings is 1. The maximum atomic E-state index is 13.0. The van der Waals surface area contributed by atoms with Gasteiger partial charge in [-0.15, -0.1) is 11.3 Å². The molecule has 0 spiro atoms.